The summed E-state index contributed by atoms with van der Waals surface area (Å²) in [6.45, 7) is 4.25. The normalized spacial score (nSPS) is 18.3. The highest BCUT2D eigenvalue weighted by Gasteiger charge is 2.27. The van der Waals surface area contributed by atoms with Crippen LogP contribution in [0.3, 0.4) is 0 Å². The lowest BCUT2D eigenvalue weighted by atomic mass is 9.93. The summed E-state index contributed by atoms with van der Waals surface area (Å²) < 4.78 is 0. The van der Waals surface area contributed by atoms with Gasteiger partial charge in [0, 0.05) is 12.1 Å². The van der Waals surface area contributed by atoms with Crippen molar-refractivity contribution in [1.82, 2.24) is 0 Å². The maximum absolute atomic E-state index is 9.96. The van der Waals surface area contributed by atoms with E-state index in [9.17, 15) is 10.2 Å². The van der Waals surface area contributed by atoms with Crippen molar-refractivity contribution in [2.45, 2.75) is 89.5 Å². The van der Waals surface area contributed by atoms with Crippen molar-refractivity contribution in [3.63, 3.8) is 0 Å². The predicted molar refractivity (Wildman–Crippen MR) is 76.2 cm³/mol. The third-order valence-corrected chi connectivity index (χ3v) is 3.51. The van der Waals surface area contributed by atoms with Crippen LogP contribution in [-0.2, 0) is 0 Å². The molecule has 0 bridgehead atoms. The molecule has 4 heteroatoms. The first kappa shape index (κ1) is 17.8. The Bertz CT molecular complexity index is 171. The largest absolute Gasteiger partial charge is 0.389 e. The highest BCUT2D eigenvalue weighted by atomic mass is 16.3. The summed E-state index contributed by atoms with van der Waals surface area (Å²) in [6.07, 6.45) is 6.14. The highest BCUT2D eigenvalue weighted by Crippen LogP contribution is 2.12. The van der Waals surface area contributed by atoms with Gasteiger partial charge in [0.05, 0.1) is 12.2 Å². The second kappa shape index (κ2) is 10.7. The fourth-order valence-electron chi connectivity index (χ4n) is 2.11. The molecule has 0 aromatic rings. The van der Waals surface area contributed by atoms with Gasteiger partial charge >= 0.3 is 0 Å². The molecule has 0 spiro atoms. The molecule has 0 aromatic carbocycles. The molecule has 110 valence electrons. The van der Waals surface area contributed by atoms with Gasteiger partial charge in [0.2, 0.25) is 0 Å². The molecule has 0 aliphatic rings. The average molecular weight is 260 g/mol. The van der Waals surface area contributed by atoms with Crippen LogP contribution in [0, 0.1) is 0 Å². The van der Waals surface area contributed by atoms with Crippen LogP contribution in [0.4, 0.5) is 0 Å². The van der Waals surface area contributed by atoms with Crippen LogP contribution in [-0.4, -0.2) is 34.5 Å². The van der Waals surface area contributed by atoms with E-state index in [1.807, 2.05) is 0 Å². The molecule has 0 fully saturated rings. The minimum Gasteiger partial charge on any atom is -0.389 e. The zero-order valence-electron chi connectivity index (χ0n) is 12.0. The molecule has 0 saturated heterocycles. The number of unbranched alkanes of at least 4 members (excludes halogenated alkanes) is 4. The fourth-order valence-corrected chi connectivity index (χ4v) is 2.11. The molecular weight excluding hydrogens is 228 g/mol. The summed E-state index contributed by atoms with van der Waals surface area (Å²) in [7, 11) is 0. The van der Waals surface area contributed by atoms with Gasteiger partial charge in [-0.15, -0.1) is 0 Å². The van der Waals surface area contributed by atoms with Gasteiger partial charge in [0.15, 0.2) is 0 Å². The van der Waals surface area contributed by atoms with Crippen molar-refractivity contribution in [1.29, 1.82) is 0 Å². The molecule has 4 atom stereocenters. The van der Waals surface area contributed by atoms with Crippen molar-refractivity contribution in [2.75, 3.05) is 0 Å². The van der Waals surface area contributed by atoms with Crippen molar-refractivity contribution in [3.05, 3.63) is 0 Å². The van der Waals surface area contributed by atoms with E-state index in [1.165, 1.54) is 0 Å². The van der Waals surface area contributed by atoms with Crippen LogP contribution < -0.4 is 11.5 Å². The smallest absolute Gasteiger partial charge is 0.0964 e. The van der Waals surface area contributed by atoms with Crippen LogP contribution in [0.1, 0.15) is 65.2 Å². The molecule has 0 heterocycles. The van der Waals surface area contributed by atoms with E-state index in [4.69, 9.17) is 11.5 Å². The lowest BCUT2D eigenvalue weighted by Gasteiger charge is -2.28. The predicted octanol–water partition coefficient (Wildman–Crippen LogP) is 1.52. The lowest BCUT2D eigenvalue weighted by Crippen LogP contribution is -2.51. The molecule has 0 amide bonds. The third kappa shape index (κ3) is 7.31. The molecule has 0 aliphatic heterocycles. The summed E-state index contributed by atoms with van der Waals surface area (Å²) >= 11 is 0. The van der Waals surface area contributed by atoms with Crippen molar-refractivity contribution >= 4 is 0 Å². The third-order valence-electron chi connectivity index (χ3n) is 3.51. The Balaban J connectivity index is 3.93. The first-order chi connectivity index (χ1) is 8.54. The number of hydrogen-bond acceptors (Lipinski definition) is 4. The van der Waals surface area contributed by atoms with Crippen LogP contribution in [0.25, 0.3) is 0 Å². The summed E-state index contributed by atoms with van der Waals surface area (Å²) in [5.41, 5.74) is 11.8. The topological polar surface area (TPSA) is 92.5 Å². The van der Waals surface area contributed by atoms with Gasteiger partial charge in [0.25, 0.3) is 0 Å². The lowest BCUT2D eigenvalue weighted by molar-refractivity contribution is -0.0134. The Morgan fingerprint density at radius 1 is 0.722 bits per heavy atom. The van der Waals surface area contributed by atoms with Crippen LogP contribution in [0.5, 0.6) is 0 Å². The van der Waals surface area contributed by atoms with Crippen molar-refractivity contribution in [3.8, 4) is 0 Å². The van der Waals surface area contributed by atoms with Crippen LogP contribution >= 0.6 is 0 Å². The fraction of sp³-hybridized carbons (Fsp3) is 1.00. The zero-order valence-corrected chi connectivity index (χ0v) is 12.0. The Labute approximate surface area is 112 Å². The highest BCUT2D eigenvalue weighted by molar-refractivity contribution is 4.85. The van der Waals surface area contributed by atoms with Crippen molar-refractivity contribution < 1.29 is 10.2 Å². The number of aliphatic hydroxyl groups is 2. The Morgan fingerprint density at radius 2 is 1.06 bits per heavy atom. The minimum atomic E-state index is -0.904. The van der Waals surface area contributed by atoms with E-state index in [-0.39, 0.29) is 12.1 Å². The Morgan fingerprint density at radius 3 is 1.33 bits per heavy atom. The molecular formula is C14H32N2O2. The molecule has 0 saturated carbocycles. The molecule has 0 radical (unpaired) electrons. The maximum atomic E-state index is 9.96. The first-order valence-electron chi connectivity index (χ1n) is 7.41. The summed E-state index contributed by atoms with van der Waals surface area (Å²) in [4.78, 5) is 0. The van der Waals surface area contributed by atoms with E-state index in [2.05, 4.69) is 13.8 Å². The first-order valence-corrected chi connectivity index (χ1v) is 7.41. The molecule has 0 unspecified atom stereocenters. The SMILES string of the molecule is CCCCC[C@H](N)[C@@H](O)[C@H](O)[C@@H](N)CCCCC. The Kier molecular flexibility index (Phi) is 10.6. The van der Waals surface area contributed by atoms with Gasteiger partial charge in [-0.3, -0.25) is 0 Å². The van der Waals surface area contributed by atoms with E-state index in [0.29, 0.717) is 0 Å². The number of nitrogens with two attached hydrogens (primary N) is 2. The van der Waals surface area contributed by atoms with E-state index < -0.39 is 12.2 Å². The number of hydrogen-bond donors (Lipinski definition) is 4. The maximum Gasteiger partial charge on any atom is 0.0964 e. The average Bonchev–Trinajstić information content (AvgIpc) is 2.37. The van der Waals surface area contributed by atoms with Gasteiger partial charge in [-0.2, -0.15) is 0 Å². The minimum absolute atomic E-state index is 0.372. The zero-order chi connectivity index (χ0) is 14.0. The van der Waals surface area contributed by atoms with Gasteiger partial charge in [-0.05, 0) is 12.8 Å². The standard InChI is InChI=1S/C14H32N2O2/c1-3-5-7-9-11(15)13(17)14(18)12(16)10-8-6-4-2/h11-14,17-18H,3-10,15-16H2,1-2H3/t11-,12-,13+,14+/m0/s1. The molecule has 18 heavy (non-hydrogen) atoms. The van der Waals surface area contributed by atoms with Crippen LogP contribution in [0.15, 0.2) is 0 Å². The molecule has 0 rings (SSSR count). The quantitative estimate of drug-likeness (QED) is 0.424. The number of aliphatic hydroxyl groups excluding tert-OH is 2. The molecule has 0 aliphatic carbocycles. The van der Waals surface area contributed by atoms with Gasteiger partial charge in [-0.25, -0.2) is 0 Å². The summed E-state index contributed by atoms with van der Waals surface area (Å²) in [5.74, 6) is 0. The van der Waals surface area contributed by atoms with E-state index in [1.54, 1.807) is 0 Å². The summed E-state index contributed by atoms with van der Waals surface area (Å²) in [6, 6.07) is -0.743. The second-order valence-corrected chi connectivity index (χ2v) is 5.30. The molecule has 0 aromatic heterocycles. The number of rotatable bonds is 11. The molecule has 6 N–H and O–H groups in total. The van der Waals surface area contributed by atoms with Gasteiger partial charge in [0.1, 0.15) is 0 Å². The van der Waals surface area contributed by atoms with Gasteiger partial charge in [-0.1, -0.05) is 52.4 Å². The monoisotopic (exact) mass is 260 g/mol. The van der Waals surface area contributed by atoms with E-state index >= 15 is 0 Å². The van der Waals surface area contributed by atoms with E-state index in [0.717, 1.165) is 51.4 Å². The molecule has 4 nitrogen and oxygen atoms in total. The Hall–Kier alpha value is -0.160. The van der Waals surface area contributed by atoms with Crippen LogP contribution in [0.2, 0.25) is 0 Å². The summed E-state index contributed by atoms with van der Waals surface area (Å²) in [5, 5.41) is 19.9. The van der Waals surface area contributed by atoms with Gasteiger partial charge < -0.3 is 21.7 Å². The van der Waals surface area contributed by atoms with Crippen molar-refractivity contribution in [2.24, 2.45) is 11.5 Å². The second-order valence-electron chi connectivity index (χ2n) is 5.30.